The van der Waals surface area contributed by atoms with Gasteiger partial charge in [0, 0.05) is 19.1 Å². The third-order valence-electron chi connectivity index (χ3n) is 3.15. The van der Waals surface area contributed by atoms with Crippen molar-refractivity contribution in [3.8, 4) is 0 Å². The van der Waals surface area contributed by atoms with Gasteiger partial charge in [-0.05, 0) is 46.2 Å². The molecule has 0 amide bonds. The number of nitrogens with one attached hydrogen (secondary N) is 2. The zero-order valence-electron chi connectivity index (χ0n) is 12.2. The number of guanidine groups is 1. The molecule has 0 saturated heterocycles. The SMILES string of the molecule is CCCNC(=NCC(C1CC1)N(C)C)NCC.I. The van der Waals surface area contributed by atoms with Crippen molar-refractivity contribution in [3.05, 3.63) is 0 Å². The monoisotopic (exact) mass is 368 g/mol. The van der Waals surface area contributed by atoms with E-state index in [2.05, 4.69) is 48.5 Å². The van der Waals surface area contributed by atoms with E-state index in [1.54, 1.807) is 0 Å². The maximum Gasteiger partial charge on any atom is 0.191 e. The van der Waals surface area contributed by atoms with Crippen LogP contribution in [0.4, 0.5) is 0 Å². The fourth-order valence-electron chi connectivity index (χ4n) is 1.98. The maximum absolute atomic E-state index is 4.69. The minimum atomic E-state index is 0. The van der Waals surface area contributed by atoms with Gasteiger partial charge in [0.05, 0.1) is 6.54 Å². The van der Waals surface area contributed by atoms with Gasteiger partial charge in [-0.1, -0.05) is 6.92 Å². The minimum absolute atomic E-state index is 0. The van der Waals surface area contributed by atoms with E-state index in [4.69, 9.17) is 0 Å². The van der Waals surface area contributed by atoms with Crippen LogP contribution in [-0.4, -0.2) is 50.6 Å². The average molecular weight is 368 g/mol. The Bertz CT molecular complexity index is 237. The Kier molecular flexibility index (Phi) is 9.81. The molecule has 1 aliphatic carbocycles. The standard InChI is InChI=1S/C13H28N4.HI/c1-5-9-15-13(14-6-2)16-10-12(17(3)4)11-7-8-11;/h11-12H,5-10H2,1-4H3,(H2,14,15,16);1H. The lowest BCUT2D eigenvalue weighted by Crippen LogP contribution is -2.40. The quantitative estimate of drug-likeness (QED) is 0.410. The van der Waals surface area contributed by atoms with Gasteiger partial charge in [-0.25, -0.2) is 0 Å². The lowest BCUT2D eigenvalue weighted by molar-refractivity contribution is 0.271. The summed E-state index contributed by atoms with van der Waals surface area (Å²) in [5.74, 6) is 1.82. The molecular formula is C13H29IN4. The average Bonchev–Trinajstić information content (AvgIpc) is 3.09. The van der Waals surface area contributed by atoms with Gasteiger partial charge in [0.15, 0.2) is 5.96 Å². The summed E-state index contributed by atoms with van der Waals surface area (Å²) in [6.07, 6.45) is 3.87. The summed E-state index contributed by atoms with van der Waals surface area (Å²) in [7, 11) is 4.32. The Morgan fingerprint density at radius 1 is 1.28 bits per heavy atom. The van der Waals surface area contributed by atoms with Crippen molar-refractivity contribution < 1.29 is 0 Å². The summed E-state index contributed by atoms with van der Waals surface area (Å²) < 4.78 is 0. The molecule has 0 aliphatic heterocycles. The molecule has 18 heavy (non-hydrogen) atoms. The smallest absolute Gasteiger partial charge is 0.191 e. The van der Waals surface area contributed by atoms with Crippen LogP contribution in [0, 0.1) is 5.92 Å². The molecule has 5 heteroatoms. The molecule has 0 aromatic heterocycles. The van der Waals surface area contributed by atoms with Gasteiger partial charge in [-0.3, -0.25) is 4.99 Å². The van der Waals surface area contributed by atoms with E-state index in [0.717, 1.165) is 37.9 Å². The van der Waals surface area contributed by atoms with Crippen molar-refractivity contribution in [1.29, 1.82) is 0 Å². The fraction of sp³-hybridized carbons (Fsp3) is 0.923. The largest absolute Gasteiger partial charge is 0.357 e. The number of rotatable bonds is 7. The highest BCUT2D eigenvalue weighted by Crippen LogP contribution is 2.34. The van der Waals surface area contributed by atoms with Crippen molar-refractivity contribution >= 4 is 29.9 Å². The topological polar surface area (TPSA) is 39.7 Å². The van der Waals surface area contributed by atoms with E-state index in [0.29, 0.717) is 6.04 Å². The van der Waals surface area contributed by atoms with E-state index >= 15 is 0 Å². The molecular weight excluding hydrogens is 339 g/mol. The molecule has 0 heterocycles. The number of likely N-dealkylation sites (N-methyl/N-ethyl adjacent to an activating group) is 1. The fourth-order valence-corrected chi connectivity index (χ4v) is 1.98. The second-order valence-electron chi connectivity index (χ2n) is 5.01. The van der Waals surface area contributed by atoms with Gasteiger partial charge < -0.3 is 15.5 Å². The third kappa shape index (κ3) is 6.78. The molecule has 1 saturated carbocycles. The number of aliphatic imine (C=N–C) groups is 1. The zero-order chi connectivity index (χ0) is 12.7. The van der Waals surface area contributed by atoms with E-state index < -0.39 is 0 Å². The number of hydrogen-bond donors (Lipinski definition) is 2. The molecule has 0 aromatic carbocycles. The van der Waals surface area contributed by atoms with Crippen molar-refractivity contribution in [2.24, 2.45) is 10.9 Å². The lowest BCUT2D eigenvalue weighted by Gasteiger charge is -2.22. The van der Waals surface area contributed by atoms with Gasteiger partial charge in [0.25, 0.3) is 0 Å². The van der Waals surface area contributed by atoms with Gasteiger partial charge in [-0.2, -0.15) is 0 Å². The van der Waals surface area contributed by atoms with E-state index in [-0.39, 0.29) is 24.0 Å². The molecule has 1 aliphatic rings. The van der Waals surface area contributed by atoms with Crippen LogP contribution >= 0.6 is 24.0 Å². The van der Waals surface area contributed by atoms with Crippen LogP contribution in [0.25, 0.3) is 0 Å². The van der Waals surface area contributed by atoms with Gasteiger partial charge in [-0.15, -0.1) is 24.0 Å². The van der Waals surface area contributed by atoms with Crippen LogP contribution in [0.15, 0.2) is 4.99 Å². The van der Waals surface area contributed by atoms with Crippen LogP contribution < -0.4 is 10.6 Å². The molecule has 2 N–H and O–H groups in total. The van der Waals surface area contributed by atoms with Gasteiger partial charge >= 0.3 is 0 Å². The molecule has 0 aromatic rings. The predicted octanol–water partition coefficient (Wildman–Crippen LogP) is 1.91. The zero-order valence-corrected chi connectivity index (χ0v) is 14.5. The number of hydrogen-bond acceptors (Lipinski definition) is 2. The summed E-state index contributed by atoms with van der Waals surface area (Å²) in [5.41, 5.74) is 0. The lowest BCUT2D eigenvalue weighted by atomic mass is 10.2. The maximum atomic E-state index is 4.69. The second kappa shape index (κ2) is 9.83. The third-order valence-corrected chi connectivity index (χ3v) is 3.15. The Labute approximate surface area is 129 Å². The van der Waals surface area contributed by atoms with Crippen LogP contribution in [-0.2, 0) is 0 Å². The highest BCUT2D eigenvalue weighted by molar-refractivity contribution is 14.0. The molecule has 1 unspecified atom stereocenters. The van der Waals surface area contributed by atoms with E-state index in [1.807, 2.05) is 0 Å². The summed E-state index contributed by atoms with van der Waals surface area (Å²) >= 11 is 0. The summed E-state index contributed by atoms with van der Waals surface area (Å²) in [4.78, 5) is 7.00. The molecule has 0 bridgehead atoms. The Hall–Kier alpha value is -0.0400. The Morgan fingerprint density at radius 3 is 2.39 bits per heavy atom. The molecule has 1 rings (SSSR count). The summed E-state index contributed by atoms with van der Waals surface area (Å²) in [6, 6.07) is 0.604. The van der Waals surface area contributed by atoms with Crippen molar-refractivity contribution in [2.75, 3.05) is 33.7 Å². The molecule has 0 radical (unpaired) electrons. The van der Waals surface area contributed by atoms with Crippen molar-refractivity contribution in [1.82, 2.24) is 15.5 Å². The minimum Gasteiger partial charge on any atom is -0.357 e. The highest BCUT2D eigenvalue weighted by atomic mass is 127. The molecule has 108 valence electrons. The molecule has 0 spiro atoms. The van der Waals surface area contributed by atoms with Crippen LogP contribution in [0.5, 0.6) is 0 Å². The van der Waals surface area contributed by atoms with E-state index in [1.165, 1.54) is 12.8 Å². The van der Waals surface area contributed by atoms with Crippen LogP contribution in [0.3, 0.4) is 0 Å². The number of halogens is 1. The van der Waals surface area contributed by atoms with E-state index in [9.17, 15) is 0 Å². The summed E-state index contributed by atoms with van der Waals surface area (Å²) in [5, 5.41) is 6.64. The first-order chi connectivity index (χ1) is 8.19. The first kappa shape index (κ1) is 18.0. The van der Waals surface area contributed by atoms with Crippen LogP contribution in [0.1, 0.15) is 33.1 Å². The van der Waals surface area contributed by atoms with Crippen molar-refractivity contribution in [3.63, 3.8) is 0 Å². The normalized spacial score (nSPS) is 17.3. The summed E-state index contributed by atoms with van der Waals surface area (Å²) in [6.45, 7) is 7.08. The van der Waals surface area contributed by atoms with Gasteiger partial charge in [0.2, 0.25) is 0 Å². The molecule has 4 nitrogen and oxygen atoms in total. The molecule has 1 atom stereocenters. The second-order valence-corrected chi connectivity index (χ2v) is 5.01. The van der Waals surface area contributed by atoms with Gasteiger partial charge in [0.1, 0.15) is 0 Å². The first-order valence-corrected chi connectivity index (χ1v) is 6.87. The Morgan fingerprint density at radius 2 is 1.94 bits per heavy atom. The first-order valence-electron chi connectivity index (χ1n) is 6.87. The molecule has 1 fully saturated rings. The number of nitrogens with zero attached hydrogens (tertiary/aromatic N) is 2. The predicted molar refractivity (Wildman–Crippen MR) is 89.9 cm³/mol. The van der Waals surface area contributed by atoms with Crippen molar-refractivity contribution in [2.45, 2.75) is 39.2 Å². The Balaban J connectivity index is 0.00000289. The van der Waals surface area contributed by atoms with Crippen LogP contribution in [0.2, 0.25) is 0 Å². The highest BCUT2D eigenvalue weighted by Gasteiger charge is 2.32.